The molecule has 2 aliphatic heterocycles. The Balaban J connectivity index is 1.50. The molecule has 2 aromatic heterocycles. The Kier molecular flexibility index (Phi) is 3.38. The van der Waals surface area contributed by atoms with Crippen molar-refractivity contribution in [2.75, 3.05) is 37.8 Å². The van der Waals surface area contributed by atoms with Gasteiger partial charge in [0.15, 0.2) is 0 Å². The number of fused-ring (bicyclic) bond motifs is 1. The van der Waals surface area contributed by atoms with Crippen LogP contribution in [-0.2, 0) is 4.74 Å². The minimum Gasteiger partial charge on any atom is -0.477 e. The van der Waals surface area contributed by atoms with Crippen molar-refractivity contribution in [1.82, 2.24) is 15.0 Å². The fourth-order valence-electron chi connectivity index (χ4n) is 3.29. The van der Waals surface area contributed by atoms with Crippen molar-refractivity contribution in [3.8, 4) is 5.88 Å². The molecule has 0 spiro atoms. The zero-order chi connectivity index (χ0) is 14.8. The lowest BCUT2D eigenvalue weighted by Crippen LogP contribution is -2.37. The van der Waals surface area contributed by atoms with Gasteiger partial charge in [-0.15, -0.1) is 0 Å². The van der Waals surface area contributed by atoms with Crippen LogP contribution in [-0.4, -0.2) is 47.9 Å². The Labute approximate surface area is 129 Å². The molecule has 4 rings (SSSR count). The molecule has 2 fully saturated rings. The lowest BCUT2D eigenvalue weighted by atomic mass is 9.82. The van der Waals surface area contributed by atoms with E-state index < -0.39 is 0 Å². The molecule has 0 N–H and O–H groups in total. The molecule has 22 heavy (non-hydrogen) atoms. The monoisotopic (exact) mass is 298 g/mol. The van der Waals surface area contributed by atoms with Gasteiger partial charge in [0.25, 0.3) is 0 Å². The molecule has 0 aromatic carbocycles. The molecule has 6 nitrogen and oxygen atoms in total. The Morgan fingerprint density at radius 1 is 1.18 bits per heavy atom. The van der Waals surface area contributed by atoms with Crippen LogP contribution in [0, 0.1) is 11.3 Å². The zero-order valence-electron chi connectivity index (χ0n) is 12.3. The van der Waals surface area contributed by atoms with Crippen molar-refractivity contribution in [3.05, 3.63) is 42.9 Å². The summed E-state index contributed by atoms with van der Waals surface area (Å²) in [6, 6.07) is 7.54. The van der Waals surface area contributed by atoms with E-state index in [4.69, 9.17) is 9.47 Å². The van der Waals surface area contributed by atoms with E-state index in [1.165, 1.54) is 0 Å². The number of ether oxygens (including phenoxy) is 2. The molecule has 2 aromatic rings. The highest BCUT2D eigenvalue weighted by Crippen LogP contribution is 2.42. The third-order valence-electron chi connectivity index (χ3n) is 4.50. The van der Waals surface area contributed by atoms with E-state index in [9.17, 15) is 0 Å². The third-order valence-corrected chi connectivity index (χ3v) is 4.50. The van der Waals surface area contributed by atoms with Gasteiger partial charge in [0.1, 0.15) is 0 Å². The predicted octanol–water partition coefficient (Wildman–Crippen LogP) is 1.40. The van der Waals surface area contributed by atoms with E-state index >= 15 is 0 Å². The Hall–Kier alpha value is -2.21. The summed E-state index contributed by atoms with van der Waals surface area (Å²) < 4.78 is 11.6. The number of aromatic nitrogens is 3. The SMILES string of the molecule is c1ccc(OC[C@]23COC[C@H]2CN(c2ncccn2)C3)nc1. The first-order valence-corrected chi connectivity index (χ1v) is 7.49. The Morgan fingerprint density at radius 3 is 2.86 bits per heavy atom. The van der Waals surface area contributed by atoms with Gasteiger partial charge >= 0.3 is 0 Å². The average molecular weight is 298 g/mol. The van der Waals surface area contributed by atoms with Gasteiger partial charge in [-0.25, -0.2) is 15.0 Å². The molecule has 6 heteroatoms. The summed E-state index contributed by atoms with van der Waals surface area (Å²) >= 11 is 0. The van der Waals surface area contributed by atoms with Crippen LogP contribution in [0.1, 0.15) is 0 Å². The normalized spacial score (nSPS) is 26.9. The first-order valence-electron chi connectivity index (χ1n) is 7.49. The van der Waals surface area contributed by atoms with E-state index in [1.54, 1.807) is 18.6 Å². The van der Waals surface area contributed by atoms with Gasteiger partial charge in [0.05, 0.1) is 25.2 Å². The van der Waals surface area contributed by atoms with Crippen LogP contribution in [0.2, 0.25) is 0 Å². The summed E-state index contributed by atoms with van der Waals surface area (Å²) in [6.45, 7) is 3.87. The predicted molar refractivity (Wildman–Crippen MR) is 80.7 cm³/mol. The molecular weight excluding hydrogens is 280 g/mol. The highest BCUT2D eigenvalue weighted by atomic mass is 16.5. The van der Waals surface area contributed by atoms with E-state index in [0.29, 0.717) is 25.0 Å². The highest BCUT2D eigenvalue weighted by Gasteiger charge is 2.52. The maximum atomic E-state index is 5.92. The van der Waals surface area contributed by atoms with Gasteiger partial charge in [-0.2, -0.15) is 0 Å². The molecular formula is C16H18N4O2. The maximum Gasteiger partial charge on any atom is 0.225 e. The molecule has 2 aliphatic rings. The van der Waals surface area contributed by atoms with Crippen LogP contribution in [0.15, 0.2) is 42.9 Å². The molecule has 0 unspecified atom stereocenters. The van der Waals surface area contributed by atoms with Crippen LogP contribution < -0.4 is 9.64 Å². The quantitative estimate of drug-likeness (QED) is 0.850. The Bertz CT molecular complexity index is 625. The lowest BCUT2D eigenvalue weighted by Gasteiger charge is -2.26. The van der Waals surface area contributed by atoms with Crippen LogP contribution in [0.25, 0.3) is 0 Å². The number of pyridine rings is 1. The second kappa shape index (κ2) is 5.53. The smallest absolute Gasteiger partial charge is 0.225 e. The van der Waals surface area contributed by atoms with Gasteiger partial charge < -0.3 is 14.4 Å². The van der Waals surface area contributed by atoms with Gasteiger partial charge in [0.2, 0.25) is 11.8 Å². The lowest BCUT2D eigenvalue weighted by molar-refractivity contribution is 0.108. The molecule has 2 atom stereocenters. The summed E-state index contributed by atoms with van der Waals surface area (Å²) in [6.07, 6.45) is 5.31. The first-order chi connectivity index (χ1) is 10.9. The van der Waals surface area contributed by atoms with E-state index in [0.717, 1.165) is 25.6 Å². The van der Waals surface area contributed by atoms with Crippen LogP contribution in [0.3, 0.4) is 0 Å². The minimum atomic E-state index is -0.00325. The molecule has 0 amide bonds. The average Bonchev–Trinajstić information content (AvgIpc) is 3.12. The number of nitrogens with zero attached hydrogens (tertiary/aromatic N) is 4. The largest absolute Gasteiger partial charge is 0.477 e. The molecule has 4 heterocycles. The van der Waals surface area contributed by atoms with Gasteiger partial charge in [0, 0.05) is 43.7 Å². The number of anilines is 1. The third kappa shape index (κ3) is 2.39. The molecule has 114 valence electrons. The summed E-state index contributed by atoms with van der Waals surface area (Å²) in [5.74, 6) is 1.89. The molecule has 0 aliphatic carbocycles. The second-order valence-electron chi connectivity index (χ2n) is 5.96. The second-order valence-corrected chi connectivity index (χ2v) is 5.96. The molecule has 0 radical (unpaired) electrons. The number of rotatable bonds is 4. The van der Waals surface area contributed by atoms with Crippen molar-refractivity contribution in [3.63, 3.8) is 0 Å². The van der Waals surface area contributed by atoms with Crippen LogP contribution >= 0.6 is 0 Å². The van der Waals surface area contributed by atoms with Crippen molar-refractivity contribution >= 4 is 5.95 Å². The maximum absolute atomic E-state index is 5.92. The molecule has 0 bridgehead atoms. The van der Waals surface area contributed by atoms with Crippen LogP contribution in [0.5, 0.6) is 5.88 Å². The summed E-state index contributed by atoms with van der Waals surface area (Å²) in [5, 5.41) is 0. The van der Waals surface area contributed by atoms with Gasteiger partial charge in [-0.1, -0.05) is 6.07 Å². The summed E-state index contributed by atoms with van der Waals surface area (Å²) in [5.41, 5.74) is -0.00325. The first kappa shape index (κ1) is 13.5. The zero-order valence-corrected chi connectivity index (χ0v) is 12.3. The van der Waals surface area contributed by atoms with E-state index in [-0.39, 0.29) is 5.41 Å². The fraction of sp³-hybridized carbons (Fsp3) is 0.438. The Morgan fingerprint density at radius 2 is 2.05 bits per heavy atom. The standard InChI is InChI=1S/C16H18N4O2/c1-2-5-17-14(4-1)22-12-16-10-20(8-13(16)9-21-11-16)15-18-6-3-7-19-15/h1-7,13H,8-12H2/t13-,16+/m1/s1. The van der Waals surface area contributed by atoms with Gasteiger partial charge in [-0.05, 0) is 12.1 Å². The van der Waals surface area contributed by atoms with Gasteiger partial charge in [-0.3, -0.25) is 0 Å². The van der Waals surface area contributed by atoms with Crippen LogP contribution in [0.4, 0.5) is 5.95 Å². The topological polar surface area (TPSA) is 60.4 Å². The fourth-order valence-corrected chi connectivity index (χ4v) is 3.29. The van der Waals surface area contributed by atoms with Crippen molar-refractivity contribution in [2.24, 2.45) is 11.3 Å². The van der Waals surface area contributed by atoms with Crippen molar-refractivity contribution < 1.29 is 9.47 Å². The summed E-state index contributed by atoms with van der Waals surface area (Å²) in [4.78, 5) is 15.2. The molecule has 2 saturated heterocycles. The minimum absolute atomic E-state index is 0.00325. The van der Waals surface area contributed by atoms with Crippen molar-refractivity contribution in [2.45, 2.75) is 0 Å². The summed E-state index contributed by atoms with van der Waals surface area (Å²) in [7, 11) is 0. The van der Waals surface area contributed by atoms with Crippen molar-refractivity contribution in [1.29, 1.82) is 0 Å². The molecule has 0 saturated carbocycles. The highest BCUT2D eigenvalue weighted by molar-refractivity contribution is 5.33. The number of hydrogen-bond donors (Lipinski definition) is 0. The van der Waals surface area contributed by atoms with E-state index in [1.807, 2.05) is 24.3 Å². The number of hydrogen-bond acceptors (Lipinski definition) is 6. The van der Waals surface area contributed by atoms with E-state index in [2.05, 4.69) is 19.9 Å².